The lowest BCUT2D eigenvalue weighted by Gasteiger charge is -2.07. The minimum absolute atomic E-state index is 0.136. The highest BCUT2D eigenvalue weighted by Crippen LogP contribution is 2.26. The van der Waals surface area contributed by atoms with Crippen molar-refractivity contribution in [1.82, 2.24) is 0 Å². The highest BCUT2D eigenvalue weighted by atomic mass is 32.1. The predicted octanol–water partition coefficient (Wildman–Crippen LogP) is 3.22. The molecule has 0 saturated carbocycles. The smallest absolute Gasteiger partial charge is 0.339 e. The molecule has 2 aromatic carbocycles. The summed E-state index contributed by atoms with van der Waals surface area (Å²) >= 11 is 1.49. The molecular weight excluding hydrogens is 300 g/mol. The van der Waals surface area contributed by atoms with Crippen molar-refractivity contribution in [3.05, 3.63) is 58.3 Å². The Labute approximate surface area is 130 Å². The van der Waals surface area contributed by atoms with Crippen LogP contribution in [0.1, 0.15) is 10.4 Å². The molecule has 0 saturated heterocycles. The molecule has 0 radical (unpaired) electrons. The summed E-state index contributed by atoms with van der Waals surface area (Å²) in [7, 11) is 1.54. The maximum atomic E-state index is 12.7. The summed E-state index contributed by atoms with van der Waals surface area (Å²) in [5, 5.41) is 1.05. The fraction of sp³-hybridized carbons (Fsp3) is 0.176. The molecule has 4 nitrogen and oxygen atoms in total. The summed E-state index contributed by atoms with van der Waals surface area (Å²) in [6.07, 6.45) is 0. The third-order valence-electron chi connectivity index (χ3n) is 3.35. The van der Waals surface area contributed by atoms with E-state index in [1.807, 2.05) is 24.3 Å². The van der Waals surface area contributed by atoms with E-state index in [9.17, 15) is 9.59 Å². The minimum Gasteiger partial charge on any atom is -0.460 e. The molecule has 0 amide bonds. The molecule has 0 aliphatic rings. The summed E-state index contributed by atoms with van der Waals surface area (Å²) in [6, 6.07) is 12.6. The van der Waals surface area contributed by atoms with E-state index in [4.69, 9.17) is 9.47 Å². The van der Waals surface area contributed by atoms with Crippen LogP contribution in [0.2, 0.25) is 0 Å². The van der Waals surface area contributed by atoms with Crippen LogP contribution in [-0.4, -0.2) is 26.3 Å². The van der Waals surface area contributed by atoms with Gasteiger partial charge in [0.15, 0.2) is 5.43 Å². The van der Waals surface area contributed by atoms with E-state index in [1.165, 1.54) is 18.4 Å². The number of carbonyl (C=O) groups is 1. The summed E-state index contributed by atoms with van der Waals surface area (Å²) in [6.45, 7) is 0.489. The highest BCUT2D eigenvalue weighted by Gasteiger charge is 2.16. The van der Waals surface area contributed by atoms with Crippen molar-refractivity contribution >= 4 is 37.5 Å². The van der Waals surface area contributed by atoms with E-state index in [2.05, 4.69) is 0 Å². The van der Waals surface area contributed by atoms with Gasteiger partial charge in [-0.2, -0.15) is 0 Å². The molecule has 22 heavy (non-hydrogen) atoms. The molecular formula is C17H14O4S. The van der Waals surface area contributed by atoms with Crippen LogP contribution in [0.3, 0.4) is 0 Å². The van der Waals surface area contributed by atoms with Gasteiger partial charge in [-0.1, -0.05) is 18.2 Å². The molecule has 1 aromatic heterocycles. The fourth-order valence-electron chi connectivity index (χ4n) is 2.31. The first-order chi connectivity index (χ1) is 10.7. The molecule has 3 aromatic rings. The molecule has 112 valence electrons. The number of benzene rings is 2. The van der Waals surface area contributed by atoms with E-state index in [-0.39, 0.29) is 12.0 Å². The Morgan fingerprint density at radius 3 is 2.64 bits per heavy atom. The number of fused-ring (bicyclic) bond motifs is 2. The average Bonchev–Trinajstić information content (AvgIpc) is 2.54. The lowest BCUT2D eigenvalue weighted by atomic mass is 10.1. The van der Waals surface area contributed by atoms with Gasteiger partial charge in [-0.05, 0) is 24.3 Å². The molecule has 0 spiro atoms. The lowest BCUT2D eigenvalue weighted by molar-refractivity contribution is 0.0390. The zero-order chi connectivity index (χ0) is 15.5. The van der Waals surface area contributed by atoms with Gasteiger partial charge in [-0.3, -0.25) is 4.79 Å². The predicted molar refractivity (Wildman–Crippen MR) is 87.8 cm³/mol. The number of hydrogen-bond acceptors (Lipinski definition) is 5. The zero-order valence-corrected chi connectivity index (χ0v) is 12.8. The van der Waals surface area contributed by atoms with E-state index < -0.39 is 5.97 Å². The molecule has 0 unspecified atom stereocenters. The van der Waals surface area contributed by atoms with Crippen LogP contribution in [0.25, 0.3) is 20.2 Å². The molecule has 0 N–H and O–H groups in total. The third-order valence-corrected chi connectivity index (χ3v) is 4.48. The number of hydrogen-bond donors (Lipinski definition) is 0. The van der Waals surface area contributed by atoms with Crippen molar-refractivity contribution in [3.63, 3.8) is 0 Å². The van der Waals surface area contributed by atoms with Gasteiger partial charge < -0.3 is 9.47 Å². The van der Waals surface area contributed by atoms with Crippen molar-refractivity contribution in [2.24, 2.45) is 0 Å². The van der Waals surface area contributed by atoms with Crippen LogP contribution < -0.4 is 5.43 Å². The Balaban J connectivity index is 2.17. The summed E-state index contributed by atoms with van der Waals surface area (Å²) in [5.41, 5.74) is 0.171. The van der Waals surface area contributed by atoms with Gasteiger partial charge >= 0.3 is 5.97 Å². The first-order valence-corrected chi connectivity index (χ1v) is 7.64. The Kier molecular flexibility index (Phi) is 4.18. The average molecular weight is 314 g/mol. The fourth-order valence-corrected chi connectivity index (χ4v) is 3.42. The van der Waals surface area contributed by atoms with Crippen LogP contribution in [0.5, 0.6) is 0 Å². The zero-order valence-electron chi connectivity index (χ0n) is 12.0. The second-order valence-corrected chi connectivity index (χ2v) is 5.82. The van der Waals surface area contributed by atoms with Crippen LogP contribution in [-0.2, 0) is 9.47 Å². The quantitative estimate of drug-likeness (QED) is 0.421. The number of esters is 1. The van der Waals surface area contributed by atoms with Gasteiger partial charge in [0.2, 0.25) is 0 Å². The Bertz CT molecular complexity index is 898. The Morgan fingerprint density at radius 1 is 1.05 bits per heavy atom. The summed E-state index contributed by atoms with van der Waals surface area (Å²) in [4.78, 5) is 24.9. The number of methoxy groups -OCH3 is 1. The number of rotatable bonds is 4. The third kappa shape index (κ3) is 2.61. The number of carbonyl (C=O) groups excluding carboxylic acids is 1. The SMILES string of the molecule is COCCOC(=O)c1cccc2sc3ccccc3c(=O)c12. The molecule has 0 fully saturated rings. The van der Waals surface area contributed by atoms with Crippen molar-refractivity contribution in [1.29, 1.82) is 0 Å². The maximum absolute atomic E-state index is 12.7. The molecule has 3 rings (SSSR count). The number of ether oxygens (including phenoxy) is 2. The molecule has 1 heterocycles. The van der Waals surface area contributed by atoms with Crippen LogP contribution in [0.15, 0.2) is 47.3 Å². The van der Waals surface area contributed by atoms with Gasteiger partial charge in [-0.15, -0.1) is 11.3 Å². The Hall–Kier alpha value is -2.24. The molecule has 0 bridgehead atoms. The minimum atomic E-state index is -0.498. The second-order valence-electron chi connectivity index (χ2n) is 4.73. The topological polar surface area (TPSA) is 52.6 Å². The normalized spacial score (nSPS) is 11.0. The highest BCUT2D eigenvalue weighted by molar-refractivity contribution is 7.24. The van der Waals surface area contributed by atoms with E-state index in [1.54, 1.807) is 18.2 Å². The van der Waals surface area contributed by atoms with Crippen LogP contribution in [0, 0.1) is 0 Å². The first-order valence-electron chi connectivity index (χ1n) is 6.83. The van der Waals surface area contributed by atoms with Crippen molar-refractivity contribution in [2.75, 3.05) is 20.3 Å². The molecule has 0 aliphatic carbocycles. The lowest BCUT2D eigenvalue weighted by Crippen LogP contribution is -2.13. The summed E-state index contributed by atoms with van der Waals surface area (Å²) < 4.78 is 11.7. The molecule has 5 heteroatoms. The summed E-state index contributed by atoms with van der Waals surface area (Å²) in [5.74, 6) is -0.498. The van der Waals surface area contributed by atoms with Crippen molar-refractivity contribution in [2.45, 2.75) is 0 Å². The van der Waals surface area contributed by atoms with Crippen LogP contribution >= 0.6 is 11.3 Å². The van der Waals surface area contributed by atoms with Gasteiger partial charge in [0.1, 0.15) is 6.61 Å². The van der Waals surface area contributed by atoms with E-state index >= 15 is 0 Å². The molecule has 0 aliphatic heterocycles. The van der Waals surface area contributed by atoms with Gasteiger partial charge in [-0.25, -0.2) is 4.79 Å². The van der Waals surface area contributed by atoms with Gasteiger partial charge in [0.05, 0.1) is 17.6 Å². The monoisotopic (exact) mass is 314 g/mol. The van der Waals surface area contributed by atoms with Crippen molar-refractivity contribution < 1.29 is 14.3 Å². The van der Waals surface area contributed by atoms with Gasteiger partial charge in [0.25, 0.3) is 0 Å². The van der Waals surface area contributed by atoms with Crippen LogP contribution in [0.4, 0.5) is 0 Å². The van der Waals surface area contributed by atoms with Gasteiger partial charge in [0, 0.05) is 21.9 Å². The van der Waals surface area contributed by atoms with Crippen molar-refractivity contribution in [3.8, 4) is 0 Å². The first kappa shape index (κ1) is 14.7. The van der Waals surface area contributed by atoms with E-state index in [0.717, 1.165) is 9.40 Å². The second kappa shape index (κ2) is 6.25. The standard InChI is InChI=1S/C17H14O4S/c1-20-9-10-21-17(19)12-6-4-8-14-15(12)16(18)11-5-2-3-7-13(11)22-14/h2-8H,9-10H2,1H3. The maximum Gasteiger partial charge on any atom is 0.339 e. The largest absolute Gasteiger partial charge is 0.460 e. The molecule has 0 atom stereocenters. The van der Waals surface area contributed by atoms with E-state index in [0.29, 0.717) is 22.9 Å². The Morgan fingerprint density at radius 2 is 1.82 bits per heavy atom.